The minimum absolute atomic E-state index is 0.281. The highest BCUT2D eigenvalue weighted by Crippen LogP contribution is 2.33. The lowest BCUT2D eigenvalue weighted by Crippen LogP contribution is -2.44. The van der Waals surface area contributed by atoms with E-state index in [-0.39, 0.29) is 12.1 Å². The normalized spacial score (nSPS) is 19.0. The number of carbonyl (C=O) groups is 1. The molecule has 4 nitrogen and oxygen atoms in total. The van der Waals surface area contributed by atoms with Crippen LogP contribution in [0.1, 0.15) is 69.9 Å². The van der Waals surface area contributed by atoms with Crippen LogP contribution in [0.25, 0.3) is 0 Å². The van der Waals surface area contributed by atoms with E-state index in [1.54, 1.807) is 0 Å². The SMILES string of the molecule is CCCC(CNC(=O)OC(C)(C)C)NC1CCCc2sccc21. The van der Waals surface area contributed by atoms with Gasteiger partial charge in [-0.2, -0.15) is 0 Å². The zero-order valence-corrected chi connectivity index (χ0v) is 15.6. The lowest BCUT2D eigenvalue weighted by molar-refractivity contribution is 0.0520. The van der Waals surface area contributed by atoms with Gasteiger partial charge < -0.3 is 15.4 Å². The van der Waals surface area contributed by atoms with Crippen LogP contribution in [-0.4, -0.2) is 24.3 Å². The summed E-state index contributed by atoms with van der Waals surface area (Å²) in [5.74, 6) is 0. The van der Waals surface area contributed by atoms with E-state index >= 15 is 0 Å². The van der Waals surface area contributed by atoms with Crippen molar-refractivity contribution in [2.24, 2.45) is 0 Å². The van der Waals surface area contributed by atoms with Gasteiger partial charge in [0, 0.05) is 23.5 Å². The predicted molar refractivity (Wildman–Crippen MR) is 96.1 cm³/mol. The van der Waals surface area contributed by atoms with Crippen LogP contribution < -0.4 is 10.6 Å². The lowest BCUT2D eigenvalue weighted by atomic mass is 9.93. The third kappa shape index (κ3) is 5.81. The summed E-state index contributed by atoms with van der Waals surface area (Å²) in [4.78, 5) is 13.4. The maximum atomic E-state index is 11.9. The fourth-order valence-electron chi connectivity index (χ4n) is 3.06. The largest absolute Gasteiger partial charge is 0.444 e. The minimum Gasteiger partial charge on any atom is -0.444 e. The van der Waals surface area contributed by atoms with Gasteiger partial charge in [-0.05, 0) is 63.5 Å². The molecule has 0 fully saturated rings. The molecule has 0 saturated carbocycles. The standard InChI is InChI=1S/C18H30N2O2S/c1-5-7-13(12-19-17(21)22-18(2,3)4)20-15-8-6-9-16-14(15)10-11-23-16/h10-11,13,15,20H,5-9,12H2,1-4H3,(H,19,21). The van der Waals surface area contributed by atoms with Crippen molar-refractivity contribution in [3.63, 3.8) is 0 Å². The van der Waals surface area contributed by atoms with Crippen molar-refractivity contribution in [2.45, 2.75) is 77.5 Å². The molecule has 0 radical (unpaired) electrons. The fraction of sp³-hybridized carbons (Fsp3) is 0.722. The molecular formula is C18H30N2O2S. The molecule has 1 aliphatic carbocycles. The van der Waals surface area contributed by atoms with Crippen LogP contribution in [0.4, 0.5) is 4.79 Å². The van der Waals surface area contributed by atoms with E-state index in [4.69, 9.17) is 4.74 Å². The number of fused-ring (bicyclic) bond motifs is 1. The molecule has 1 aromatic heterocycles. The number of alkyl carbamates (subject to hydrolysis) is 1. The molecule has 130 valence electrons. The number of ether oxygens (including phenoxy) is 1. The van der Waals surface area contributed by atoms with Gasteiger partial charge in [0.05, 0.1) is 0 Å². The number of hydrogen-bond acceptors (Lipinski definition) is 4. The molecule has 2 atom stereocenters. The summed E-state index contributed by atoms with van der Waals surface area (Å²) in [5.41, 5.74) is 1.01. The molecule has 5 heteroatoms. The topological polar surface area (TPSA) is 50.4 Å². The fourth-order valence-corrected chi connectivity index (χ4v) is 4.05. The summed E-state index contributed by atoms with van der Waals surface area (Å²) >= 11 is 1.86. The van der Waals surface area contributed by atoms with Crippen molar-refractivity contribution < 1.29 is 9.53 Å². The summed E-state index contributed by atoms with van der Waals surface area (Å²) < 4.78 is 5.32. The van der Waals surface area contributed by atoms with Crippen LogP contribution in [0.15, 0.2) is 11.4 Å². The van der Waals surface area contributed by atoms with Gasteiger partial charge in [0.2, 0.25) is 0 Å². The second-order valence-corrected chi connectivity index (χ2v) is 8.28. The van der Waals surface area contributed by atoms with Gasteiger partial charge >= 0.3 is 6.09 Å². The highest BCUT2D eigenvalue weighted by molar-refractivity contribution is 7.10. The molecule has 0 spiro atoms. The van der Waals surface area contributed by atoms with E-state index in [1.165, 1.54) is 29.7 Å². The Morgan fingerprint density at radius 3 is 2.96 bits per heavy atom. The Bertz CT molecular complexity index is 507. The quantitative estimate of drug-likeness (QED) is 0.808. The Hall–Kier alpha value is -1.07. The number of carbonyl (C=O) groups excluding carboxylic acids is 1. The first-order valence-corrected chi connectivity index (χ1v) is 9.56. The highest BCUT2D eigenvalue weighted by atomic mass is 32.1. The molecular weight excluding hydrogens is 308 g/mol. The second-order valence-electron chi connectivity index (χ2n) is 7.28. The van der Waals surface area contributed by atoms with Crippen LogP contribution in [0.3, 0.4) is 0 Å². The van der Waals surface area contributed by atoms with E-state index in [1.807, 2.05) is 32.1 Å². The monoisotopic (exact) mass is 338 g/mol. The van der Waals surface area contributed by atoms with E-state index in [0.29, 0.717) is 12.6 Å². The maximum Gasteiger partial charge on any atom is 0.407 e. The smallest absolute Gasteiger partial charge is 0.407 e. The predicted octanol–water partition coefficient (Wildman–Crippen LogP) is 4.41. The number of thiophene rings is 1. The second kappa shape index (κ2) is 8.15. The summed E-state index contributed by atoms with van der Waals surface area (Å²) in [6.07, 6.45) is 5.43. The van der Waals surface area contributed by atoms with Crippen LogP contribution in [-0.2, 0) is 11.2 Å². The summed E-state index contributed by atoms with van der Waals surface area (Å²) in [6, 6.07) is 2.95. The number of rotatable bonds is 6. The van der Waals surface area contributed by atoms with Crippen LogP contribution in [0, 0.1) is 0 Å². The van der Waals surface area contributed by atoms with Gasteiger partial charge in [-0.25, -0.2) is 4.79 Å². The van der Waals surface area contributed by atoms with Gasteiger partial charge in [0.25, 0.3) is 0 Å². The molecule has 1 heterocycles. The number of nitrogens with one attached hydrogen (secondary N) is 2. The van der Waals surface area contributed by atoms with E-state index in [2.05, 4.69) is 29.0 Å². The van der Waals surface area contributed by atoms with E-state index in [9.17, 15) is 4.79 Å². The van der Waals surface area contributed by atoms with Crippen molar-refractivity contribution in [3.05, 3.63) is 21.9 Å². The Labute approximate surface area is 144 Å². The van der Waals surface area contributed by atoms with Crippen molar-refractivity contribution in [2.75, 3.05) is 6.54 Å². The lowest BCUT2D eigenvalue weighted by Gasteiger charge is -2.29. The molecule has 1 amide bonds. The first-order chi connectivity index (χ1) is 10.9. The molecule has 0 saturated heterocycles. The third-order valence-electron chi connectivity index (χ3n) is 4.02. The van der Waals surface area contributed by atoms with Crippen LogP contribution in [0.2, 0.25) is 0 Å². The Balaban J connectivity index is 1.88. The molecule has 1 aromatic rings. The average Bonchev–Trinajstić information content (AvgIpc) is 2.92. The van der Waals surface area contributed by atoms with Gasteiger partial charge in [0.1, 0.15) is 5.60 Å². The van der Waals surface area contributed by atoms with Crippen molar-refractivity contribution in [1.82, 2.24) is 10.6 Å². The zero-order valence-electron chi connectivity index (χ0n) is 14.8. The Morgan fingerprint density at radius 2 is 2.26 bits per heavy atom. The maximum absolute atomic E-state index is 11.9. The molecule has 1 aliphatic rings. The zero-order chi connectivity index (χ0) is 16.9. The molecule has 0 aliphatic heterocycles. The molecule has 2 unspecified atom stereocenters. The first-order valence-electron chi connectivity index (χ1n) is 8.68. The molecule has 0 aromatic carbocycles. The summed E-state index contributed by atoms with van der Waals surface area (Å²) in [7, 11) is 0. The summed E-state index contributed by atoms with van der Waals surface area (Å²) in [6.45, 7) is 8.44. The van der Waals surface area contributed by atoms with E-state index < -0.39 is 5.60 Å². The molecule has 2 N–H and O–H groups in total. The van der Waals surface area contributed by atoms with Crippen LogP contribution in [0.5, 0.6) is 0 Å². The molecule has 23 heavy (non-hydrogen) atoms. The molecule has 0 bridgehead atoms. The van der Waals surface area contributed by atoms with Crippen LogP contribution >= 0.6 is 11.3 Å². The van der Waals surface area contributed by atoms with Gasteiger partial charge in [0.15, 0.2) is 0 Å². The summed E-state index contributed by atoms with van der Waals surface area (Å²) in [5, 5.41) is 8.86. The van der Waals surface area contributed by atoms with Gasteiger partial charge in [-0.3, -0.25) is 0 Å². The third-order valence-corrected chi connectivity index (χ3v) is 5.01. The minimum atomic E-state index is -0.452. The molecule has 2 rings (SSSR count). The Morgan fingerprint density at radius 1 is 1.48 bits per heavy atom. The highest BCUT2D eigenvalue weighted by Gasteiger charge is 2.24. The van der Waals surface area contributed by atoms with Crippen molar-refractivity contribution in [3.8, 4) is 0 Å². The van der Waals surface area contributed by atoms with Gasteiger partial charge in [-0.1, -0.05) is 13.3 Å². The first kappa shape index (κ1) is 18.3. The number of amides is 1. The average molecular weight is 339 g/mol. The van der Waals surface area contributed by atoms with E-state index in [0.717, 1.165) is 12.8 Å². The Kier molecular flexibility index (Phi) is 6.48. The van der Waals surface area contributed by atoms with Gasteiger partial charge in [-0.15, -0.1) is 11.3 Å². The van der Waals surface area contributed by atoms with Crippen molar-refractivity contribution in [1.29, 1.82) is 0 Å². The number of aryl methyl sites for hydroxylation is 1. The van der Waals surface area contributed by atoms with Crippen molar-refractivity contribution >= 4 is 17.4 Å². The number of hydrogen-bond donors (Lipinski definition) is 2.